The molecule has 5 heteroatoms. The zero-order valence-electron chi connectivity index (χ0n) is 8.04. The van der Waals surface area contributed by atoms with Crippen LogP contribution in [-0.4, -0.2) is 12.4 Å². The Balaban J connectivity index is 2.77. The van der Waals surface area contributed by atoms with Gasteiger partial charge in [0.1, 0.15) is 5.75 Å². The van der Waals surface area contributed by atoms with E-state index in [0.29, 0.717) is 0 Å². The van der Waals surface area contributed by atoms with E-state index in [2.05, 4.69) is 0 Å². The first-order chi connectivity index (χ1) is 7.43. The molecule has 0 atom stereocenters. The highest BCUT2D eigenvalue weighted by Gasteiger charge is 2.30. The molecule has 16 heavy (non-hydrogen) atoms. The summed E-state index contributed by atoms with van der Waals surface area (Å²) in [7, 11) is 0. The molecule has 84 valence electrons. The maximum Gasteiger partial charge on any atom is 0.416 e. The van der Waals surface area contributed by atoms with Crippen LogP contribution in [0.1, 0.15) is 5.56 Å². The average molecular weight is 228 g/mol. The Morgan fingerprint density at radius 2 is 2.12 bits per heavy atom. The molecule has 0 saturated heterocycles. The lowest BCUT2D eigenvalue weighted by Crippen LogP contribution is -2.09. The van der Waals surface area contributed by atoms with Gasteiger partial charge in [-0.25, -0.2) is 0 Å². The largest absolute Gasteiger partial charge is 0.485 e. The minimum atomic E-state index is -4.44. The lowest BCUT2D eigenvalue weighted by atomic mass is 10.2. The molecule has 0 radical (unpaired) electrons. The average Bonchev–Trinajstić information content (AvgIpc) is 2.25. The summed E-state index contributed by atoms with van der Waals surface area (Å²) in [4.78, 5) is 10.7. The summed E-state index contributed by atoms with van der Waals surface area (Å²) in [6.45, 7) is -0.433. The van der Waals surface area contributed by atoms with Gasteiger partial charge in [0.05, 0.1) is 5.56 Å². The Labute approximate surface area is 90.0 Å². The topological polar surface area (TPSA) is 26.3 Å². The number of carbonyl (C=O) groups is 1. The van der Waals surface area contributed by atoms with Crippen LogP contribution in [0.15, 0.2) is 24.3 Å². The first-order valence-electron chi connectivity index (χ1n) is 4.23. The summed E-state index contributed by atoms with van der Waals surface area (Å²) < 4.78 is 41.6. The van der Waals surface area contributed by atoms with Crippen molar-refractivity contribution in [2.24, 2.45) is 0 Å². The molecule has 0 aliphatic rings. The minimum absolute atomic E-state index is 0.0431. The van der Waals surface area contributed by atoms with Crippen molar-refractivity contribution < 1.29 is 22.7 Å². The van der Waals surface area contributed by atoms with Gasteiger partial charge in [0.2, 0.25) is 5.78 Å². The molecule has 0 aliphatic carbocycles. The van der Waals surface area contributed by atoms with Crippen LogP contribution in [0, 0.1) is 12.3 Å². The number of alkyl halides is 3. The van der Waals surface area contributed by atoms with E-state index in [1.165, 1.54) is 12.1 Å². The summed E-state index contributed by atoms with van der Waals surface area (Å²) in [6.07, 6.45) is 0.341. The first-order valence-corrected chi connectivity index (χ1v) is 4.23. The van der Waals surface area contributed by atoms with Gasteiger partial charge in [-0.15, -0.1) is 6.42 Å². The van der Waals surface area contributed by atoms with Crippen molar-refractivity contribution in [2.75, 3.05) is 6.61 Å². The van der Waals surface area contributed by atoms with Gasteiger partial charge in [0.25, 0.3) is 0 Å². The molecule has 0 unspecified atom stereocenters. The van der Waals surface area contributed by atoms with Gasteiger partial charge in [-0.2, -0.15) is 13.2 Å². The predicted molar refractivity (Wildman–Crippen MR) is 50.8 cm³/mol. The standard InChI is InChI=1S/C11H7F3O2/c1-2-9(15)7-16-10-5-3-4-8(6-10)11(12,13)14/h1,3-6H,7H2. The van der Waals surface area contributed by atoms with E-state index in [-0.39, 0.29) is 5.75 Å². The van der Waals surface area contributed by atoms with Crippen LogP contribution in [0.25, 0.3) is 0 Å². The Morgan fingerprint density at radius 1 is 1.44 bits per heavy atom. The van der Waals surface area contributed by atoms with Gasteiger partial charge in [-0.3, -0.25) is 4.79 Å². The number of carbonyl (C=O) groups excluding carboxylic acids is 1. The van der Waals surface area contributed by atoms with Crippen LogP contribution in [-0.2, 0) is 11.0 Å². The fourth-order valence-electron chi connectivity index (χ4n) is 0.953. The van der Waals surface area contributed by atoms with Crippen LogP contribution in [0.3, 0.4) is 0 Å². The van der Waals surface area contributed by atoms with Crippen LogP contribution in [0.5, 0.6) is 5.75 Å². The molecule has 0 N–H and O–H groups in total. The normalized spacial score (nSPS) is 10.6. The molecular weight excluding hydrogens is 221 g/mol. The molecule has 0 aliphatic heterocycles. The molecule has 0 saturated carbocycles. The second kappa shape index (κ2) is 4.71. The number of rotatable bonds is 3. The van der Waals surface area contributed by atoms with Crippen molar-refractivity contribution >= 4 is 5.78 Å². The maximum absolute atomic E-state index is 12.3. The lowest BCUT2D eigenvalue weighted by molar-refractivity contribution is -0.137. The number of benzene rings is 1. The molecule has 1 aromatic rings. The number of halogens is 3. The Bertz CT molecular complexity index is 430. The van der Waals surface area contributed by atoms with Gasteiger partial charge in [0.15, 0.2) is 6.61 Å². The number of ketones is 1. The summed E-state index contributed by atoms with van der Waals surface area (Å²) in [6, 6.07) is 4.23. The smallest absolute Gasteiger partial charge is 0.416 e. The summed E-state index contributed by atoms with van der Waals surface area (Å²) in [5.41, 5.74) is -0.835. The SMILES string of the molecule is C#CC(=O)COc1cccc(C(F)(F)F)c1. The van der Waals surface area contributed by atoms with Gasteiger partial charge in [-0.05, 0) is 24.1 Å². The molecule has 1 aromatic carbocycles. The number of hydrogen-bond acceptors (Lipinski definition) is 2. The monoisotopic (exact) mass is 228 g/mol. The van der Waals surface area contributed by atoms with Crippen molar-refractivity contribution in [1.82, 2.24) is 0 Å². The number of Topliss-reactive ketones (excluding diaryl/α,β-unsaturated/α-hetero) is 1. The Kier molecular flexibility index (Phi) is 3.56. The van der Waals surface area contributed by atoms with Crippen LogP contribution in [0.2, 0.25) is 0 Å². The molecule has 1 rings (SSSR count). The third-order valence-corrected chi connectivity index (χ3v) is 1.69. The van der Waals surface area contributed by atoms with Crippen molar-refractivity contribution in [1.29, 1.82) is 0 Å². The second-order valence-electron chi connectivity index (χ2n) is 2.88. The molecule has 0 bridgehead atoms. The zero-order valence-corrected chi connectivity index (χ0v) is 8.04. The third kappa shape index (κ3) is 3.31. The van der Waals surface area contributed by atoms with Gasteiger partial charge in [0, 0.05) is 0 Å². The Morgan fingerprint density at radius 3 is 2.69 bits per heavy atom. The minimum Gasteiger partial charge on any atom is -0.485 e. The Hall–Kier alpha value is -1.96. The van der Waals surface area contributed by atoms with Gasteiger partial charge in [-0.1, -0.05) is 6.07 Å². The van der Waals surface area contributed by atoms with Crippen molar-refractivity contribution in [3.05, 3.63) is 29.8 Å². The second-order valence-corrected chi connectivity index (χ2v) is 2.88. The van der Waals surface area contributed by atoms with Crippen molar-refractivity contribution in [2.45, 2.75) is 6.18 Å². The molecule has 0 heterocycles. The number of ether oxygens (including phenoxy) is 1. The van der Waals surface area contributed by atoms with E-state index < -0.39 is 24.1 Å². The summed E-state index contributed by atoms with van der Waals surface area (Å²) >= 11 is 0. The van der Waals surface area contributed by atoms with E-state index in [0.717, 1.165) is 12.1 Å². The molecule has 0 fully saturated rings. The van der Waals surface area contributed by atoms with Crippen LogP contribution < -0.4 is 4.74 Å². The molecule has 0 amide bonds. The van der Waals surface area contributed by atoms with Crippen LogP contribution >= 0.6 is 0 Å². The van der Waals surface area contributed by atoms with Crippen molar-refractivity contribution in [3.63, 3.8) is 0 Å². The van der Waals surface area contributed by atoms with E-state index in [4.69, 9.17) is 11.2 Å². The molecule has 2 nitrogen and oxygen atoms in total. The summed E-state index contributed by atoms with van der Waals surface area (Å²) in [5.74, 6) is 1.12. The molecule has 0 aromatic heterocycles. The van der Waals surface area contributed by atoms with E-state index in [9.17, 15) is 18.0 Å². The first kappa shape index (κ1) is 12.1. The zero-order chi connectivity index (χ0) is 12.2. The fraction of sp³-hybridized carbons (Fsp3) is 0.182. The lowest BCUT2D eigenvalue weighted by Gasteiger charge is -2.08. The van der Waals surface area contributed by atoms with E-state index in [1.54, 1.807) is 5.92 Å². The summed E-state index contributed by atoms with van der Waals surface area (Å²) in [5, 5.41) is 0. The van der Waals surface area contributed by atoms with Gasteiger partial charge >= 0.3 is 6.18 Å². The van der Waals surface area contributed by atoms with Crippen LogP contribution in [0.4, 0.5) is 13.2 Å². The molecule has 0 spiro atoms. The van der Waals surface area contributed by atoms with E-state index >= 15 is 0 Å². The third-order valence-electron chi connectivity index (χ3n) is 1.69. The quantitative estimate of drug-likeness (QED) is 0.586. The fourth-order valence-corrected chi connectivity index (χ4v) is 0.953. The predicted octanol–water partition coefficient (Wildman–Crippen LogP) is 2.29. The van der Waals surface area contributed by atoms with Gasteiger partial charge < -0.3 is 4.74 Å². The highest BCUT2D eigenvalue weighted by Crippen LogP contribution is 2.31. The highest BCUT2D eigenvalue weighted by molar-refractivity contribution is 5.96. The molecular formula is C11H7F3O2. The number of hydrogen-bond donors (Lipinski definition) is 0. The number of terminal acetylenes is 1. The maximum atomic E-state index is 12.3. The highest BCUT2D eigenvalue weighted by atomic mass is 19.4. The van der Waals surface area contributed by atoms with E-state index in [1.807, 2.05) is 0 Å². The van der Waals surface area contributed by atoms with Crippen molar-refractivity contribution in [3.8, 4) is 18.1 Å².